The Morgan fingerprint density at radius 3 is 2.25 bits per heavy atom. The van der Waals surface area contributed by atoms with Gasteiger partial charge < -0.3 is 5.11 Å². The van der Waals surface area contributed by atoms with Crippen molar-refractivity contribution in [2.24, 2.45) is 5.92 Å². The number of hydrogen-bond donors (Lipinski definition) is 1. The van der Waals surface area contributed by atoms with Crippen LogP contribution in [0.5, 0.6) is 0 Å². The van der Waals surface area contributed by atoms with E-state index in [0.29, 0.717) is 0 Å². The summed E-state index contributed by atoms with van der Waals surface area (Å²) in [6, 6.07) is 0. The van der Waals surface area contributed by atoms with Gasteiger partial charge in [-0.05, 0) is 25.7 Å². The van der Waals surface area contributed by atoms with Crippen LogP contribution >= 0.6 is 0 Å². The summed E-state index contributed by atoms with van der Waals surface area (Å²) in [5, 5.41) is 8.86. The number of unbranched alkanes of at least 4 members (excludes halogenated alkanes) is 6. The van der Waals surface area contributed by atoms with Crippen LogP contribution in [0.25, 0.3) is 0 Å². The zero-order valence-corrected chi connectivity index (χ0v) is 10.6. The molecule has 0 aliphatic rings. The van der Waals surface area contributed by atoms with Crippen molar-refractivity contribution in [1.82, 2.24) is 0 Å². The number of rotatable bonds is 11. The van der Waals surface area contributed by atoms with Crippen LogP contribution in [0.2, 0.25) is 0 Å². The Labute approximate surface area is 99.7 Å². The Kier molecular flexibility index (Phi) is 10.2. The quantitative estimate of drug-likeness (QED) is 0.418. The second kappa shape index (κ2) is 10.7. The molecule has 0 heterocycles. The topological polar surface area (TPSA) is 37.3 Å². The third-order valence-corrected chi connectivity index (χ3v) is 3.05. The molecular weight excluding hydrogens is 200 g/mol. The summed E-state index contributed by atoms with van der Waals surface area (Å²) < 4.78 is 0. The van der Waals surface area contributed by atoms with Crippen molar-refractivity contribution in [3.8, 4) is 0 Å². The van der Waals surface area contributed by atoms with E-state index in [-0.39, 0.29) is 5.92 Å². The fraction of sp³-hybridized carbons (Fsp3) is 0.786. The molecule has 1 N–H and O–H groups in total. The Morgan fingerprint density at radius 1 is 1.19 bits per heavy atom. The molecule has 0 fully saturated rings. The fourth-order valence-electron chi connectivity index (χ4n) is 1.89. The maximum Gasteiger partial charge on any atom is 0.306 e. The zero-order valence-electron chi connectivity index (χ0n) is 10.6. The predicted molar refractivity (Wildman–Crippen MR) is 68.5 cm³/mol. The number of carbonyl (C=O) groups is 1. The van der Waals surface area contributed by atoms with E-state index < -0.39 is 5.97 Å². The monoisotopic (exact) mass is 226 g/mol. The van der Waals surface area contributed by atoms with Gasteiger partial charge in [0.25, 0.3) is 0 Å². The molecule has 16 heavy (non-hydrogen) atoms. The molecule has 0 aromatic rings. The van der Waals surface area contributed by atoms with Crippen LogP contribution in [0.3, 0.4) is 0 Å². The van der Waals surface area contributed by atoms with E-state index in [1.54, 1.807) is 0 Å². The highest BCUT2D eigenvalue weighted by molar-refractivity contribution is 5.69. The molecule has 2 nitrogen and oxygen atoms in total. The first kappa shape index (κ1) is 15.2. The van der Waals surface area contributed by atoms with Crippen LogP contribution < -0.4 is 0 Å². The molecule has 0 spiro atoms. The summed E-state index contributed by atoms with van der Waals surface area (Å²) in [6.07, 6.45) is 12.0. The van der Waals surface area contributed by atoms with E-state index in [0.717, 1.165) is 25.7 Å². The molecule has 0 saturated heterocycles. The van der Waals surface area contributed by atoms with Gasteiger partial charge in [0.05, 0.1) is 5.92 Å². The van der Waals surface area contributed by atoms with Gasteiger partial charge in [-0.25, -0.2) is 0 Å². The van der Waals surface area contributed by atoms with Crippen molar-refractivity contribution >= 4 is 5.97 Å². The molecule has 1 unspecified atom stereocenters. The van der Waals surface area contributed by atoms with Crippen LogP contribution in [0.4, 0.5) is 0 Å². The van der Waals surface area contributed by atoms with Crippen molar-refractivity contribution in [2.45, 2.75) is 64.7 Å². The number of hydrogen-bond acceptors (Lipinski definition) is 1. The molecule has 0 aromatic heterocycles. The van der Waals surface area contributed by atoms with Crippen molar-refractivity contribution in [3.63, 3.8) is 0 Å². The summed E-state index contributed by atoms with van der Waals surface area (Å²) in [6.45, 7) is 5.65. The van der Waals surface area contributed by atoms with Crippen molar-refractivity contribution in [3.05, 3.63) is 12.7 Å². The van der Waals surface area contributed by atoms with E-state index in [1.165, 1.54) is 32.1 Å². The smallest absolute Gasteiger partial charge is 0.306 e. The first-order chi connectivity index (χ1) is 7.72. The normalized spacial score (nSPS) is 12.3. The standard InChI is InChI=1S/C14H26O2/c1-3-5-6-7-8-9-10-11-12-13(4-2)14(15)16/h3,13H,1,4-12H2,2H3,(H,15,16). The molecule has 2 heteroatoms. The van der Waals surface area contributed by atoms with E-state index in [4.69, 9.17) is 5.11 Å². The van der Waals surface area contributed by atoms with E-state index in [9.17, 15) is 4.79 Å². The van der Waals surface area contributed by atoms with Crippen LogP contribution in [-0.4, -0.2) is 11.1 Å². The molecule has 0 aliphatic carbocycles. The molecule has 0 aromatic carbocycles. The summed E-state index contributed by atoms with van der Waals surface area (Å²) in [4.78, 5) is 10.8. The third kappa shape index (κ3) is 8.51. The highest BCUT2D eigenvalue weighted by Gasteiger charge is 2.13. The van der Waals surface area contributed by atoms with Gasteiger partial charge in [0, 0.05) is 0 Å². The lowest BCUT2D eigenvalue weighted by Gasteiger charge is -2.08. The van der Waals surface area contributed by atoms with E-state index in [1.807, 2.05) is 13.0 Å². The van der Waals surface area contributed by atoms with Crippen molar-refractivity contribution in [1.29, 1.82) is 0 Å². The van der Waals surface area contributed by atoms with Gasteiger partial charge in [-0.15, -0.1) is 6.58 Å². The first-order valence-corrected chi connectivity index (χ1v) is 6.56. The van der Waals surface area contributed by atoms with Gasteiger partial charge in [0.1, 0.15) is 0 Å². The van der Waals surface area contributed by atoms with Gasteiger partial charge in [-0.3, -0.25) is 4.79 Å². The molecule has 0 amide bonds. The largest absolute Gasteiger partial charge is 0.481 e. The fourth-order valence-corrected chi connectivity index (χ4v) is 1.89. The van der Waals surface area contributed by atoms with E-state index >= 15 is 0 Å². The van der Waals surface area contributed by atoms with Crippen LogP contribution in [0, 0.1) is 5.92 Å². The van der Waals surface area contributed by atoms with Crippen LogP contribution in [-0.2, 0) is 4.79 Å². The van der Waals surface area contributed by atoms with Crippen molar-refractivity contribution < 1.29 is 9.90 Å². The zero-order chi connectivity index (χ0) is 12.2. The summed E-state index contributed by atoms with van der Waals surface area (Å²) in [5.74, 6) is -0.755. The molecule has 0 bridgehead atoms. The summed E-state index contributed by atoms with van der Waals surface area (Å²) >= 11 is 0. The van der Waals surface area contributed by atoms with Gasteiger partial charge in [0.15, 0.2) is 0 Å². The highest BCUT2D eigenvalue weighted by Crippen LogP contribution is 2.15. The number of carboxylic acids is 1. The van der Waals surface area contributed by atoms with Crippen LogP contribution in [0.1, 0.15) is 64.7 Å². The van der Waals surface area contributed by atoms with Gasteiger partial charge in [0.2, 0.25) is 0 Å². The van der Waals surface area contributed by atoms with Crippen LogP contribution in [0.15, 0.2) is 12.7 Å². The van der Waals surface area contributed by atoms with Gasteiger partial charge in [-0.1, -0.05) is 45.1 Å². The number of aliphatic carboxylic acids is 1. The minimum absolute atomic E-state index is 0.124. The average Bonchev–Trinajstić information content (AvgIpc) is 2.26. The highest BCUT2D eigenvalue weighted by atomic mass is 16.4. The molecule has 0 rings (SSSR count). The average molecular weight is 226 g/mol. The number of allylic oxidation sites excluding steroid dienone is 1. The van der Waals surface area contributed by atoms with E-state index in [2.05, 4.69) is 6.58 Å². The Hall–Kier alpha value is -0.790. The van der Waals surface area contributed by atoms with Crippen molar-refractivity contribution in [2.75, 3.05) is 0 Å². The molecular formula is C14H26O2. The predicted octanol–water partition coefficient (Wildman–Crippen LogP) is 4.40. The Bertz CT molecular complexity index is 187. The second-order valence-electron chi connectivity index (χ2n) is 4.43. The minimum Gasteiger partial charge on any atom is -0.481 e. The lowest BCUT2D eigenvalue weighted by atomic mass is 9.98. The van der Waals surface area contributed by atoms with Gasteiger partial charge in [-0.2, -0.15) is 0 Å². The minimum atomic E-state index is -0.631. The Balaban J connectivity index is 3.25. The Morgan fingerprint density at radius 2 is 1.75 bits per heavy atom. The molecule has 0 saturated carbocycles. The third-order valence-electron chi connectivity index (χ3n) is 3.05. The molecule has 1 atom stereocenters. The lowest BCUT2D eigenvalue weighted by molar-refractivity contribution is -0.142. The first-order valence-electron chi connectivity index (χ1n) is 6.56. The molecule has 0 aliphatic heterocycles. The summed E-state index contributed by atoms with van der Waals surface area (Å²) in [7, 11) is 0. The number of carboxylic acid groups (broad SMARTS) is 1. The second-order valence-corrected chi connectivity index (χ2v) is 4.43. The maximum atomic E-state index is 10.8. The lowest BCUT2D eigenvalue weighted by Crippen LogP contribution is -2.12. The maximum absolute atomic E-state index is 10.8. The molecule has 94 valence electrons. The molecule has 0 radical (unpaired) electrons. The SMILES string of the molecule is C=CCCCCCCCCC(CC)C(=O)O. The summed E-state index contributed by atoms with van der Waals surface area (Å²) in [5.41, 5.74) is 0. The van der Waals surface area contributed by atoms with Gasteiger partial charge >= 0.3 is 5.97 Å².